The second kappa shape index (κ2) is 5.56. The highest BCUT2D eigenvalue weighted by molar-refractivity contribution is 5.30. The third-order valence-electron chi connectivity index (χ3n) is 3.14. The summed E-state index contributed by atoms with van der Waals surface area (Å²) in [6.07, 6.45) is -3.37. The Balaban J connectivity index is 2.03. The van der Waals surface area contributed by atoms with Gasteiger partial charge in [-0.1, -0.05) is 12.1 Å². The maximum Gasteiger partial charge on any atom is 0.573 e. The van der Waals surface area contributed by atoms with Gasteiger partial charge in [0, 0.05) is 5.69 Å². The van der Waals surface area contributed by atoms with E-state index in [-0.39, 0.29) is 5.75 Å². The second-order valence-corrected chi connectivity index (χ2v) is 4.62. The Hall–Kier alpha value is -1.98. The standard InChI is InChI=1S/C14H15F3N2O/c1-9-10(2)18-19-13(9)7-6-11-4-3-5-12(8-11)20-14(15,16)17/h3-5,8H,6-7H2,1-2H3,(H,18,19). The van der Waals surface area contributed by atoms with Gasteiger partial charge in [0.1, 0.15) is 5.75 Å². The zero-order valence-electron chi connectivity index (χ0n) is 11.2. The minimum Gasteiger partial charge on any atom is -0.406 e. The average molecular weight is 284 g/mol. The van der Waals surface area contributed by atoms with Crippen LogP contribution in [0.4, 0.5) is 13.2 Å². The summed E-state index contributed by atoms with van der Waals surface area (Å²) in [5, 5.41) is 7.07. The number of ether oxygens (including phenoxy) is 1. The van der Waals surface area contributed by atoms with Gasteiger partial charge in [-0.2, -0.15) is 5.10 Å². The highest BCUT2D eigenvalue weighted by Crippen LogP contribution is 2.24. The smallest absolute Gasteiger partial charge is 0.406 e. The summed E-state index contributed by atoms with van der Waals surface area (Å²) in [5.74, 6) is -0.190. The molecule has 1 aromatic heterocycles. The Kier molecular flexibility index (Phi) is 4.01. The van der Waals surface area contributed by atoms with Crippen molar-refractivity contribution in [1.82, 2.24) is 10.2 Å². The van der Waals surface area contributed by atoms with Crippen LogP contribution in [0.1, 0.15) is 22.5 Å². The summed E-state index contributed by atoms with van der Waals surface area (Å²) in [7, 11) is 0. The molecule has 0 saturated carbocycles. The largest absolute Gasteiger partial charge is 0.573 e. The van der Waals surface area contributed by atoms with Crippen molar-refractivity contribution in [3.8, 4) is 5.75 Å². The van der Waals surface area contributed by atoms with Crippen LogP contribution in [-0.4, -0.2) is 16.6 Å². The van der Waals surface area contributed by atoms with E-state index in [0.717, 1.165) is 22.5 Å². The molecule has 0 saturated heterocycles. The molecule has 0 unspecified atom stereocenters. The van der Waals surface area contributed by atoms with Gasteiger partial charge in [-0.25, -0.2) is 0 Å². The van der Waals surface area contributed by atoms with Crippen LogP contribution in [0.5, 0.6) is 5.75 Å². The van der Waals surface area contributed by atoms with E-state index < -0.39 is 6.36 Å². The number of halogens is 3. The highest BCUT2D eigenvalue weighted by Gasteiger charge is 2.31. The second-order valence-electron chi connectivity index (χ2n) is 4.62. The predicted molar refractivity (Wildman–Crippen MR) is 68.6 cm³/mol. The van der Waals surface area contributed by atoms with Crippen LogP contribution in [0.2, 0.25) is 0 Å². The fraction of sp³-hybridized carbons (Fsp3) is 0.357. The molecule has 108 valence electrons. The van der Waals surface area contributed by atoms with Crippen molar-refractivity contribution in [2.24, 2.45) is 0 Å². The molecule has 1 heterocycles. The number of nitrogens with one attached hydrogen (secondary N) is 1. The van der Waals surface area contributed by atoms with E-state index >= 15 is 0 Å². The van der Waals surface area contributed by atoms with Crippen LogP contribution >= 0.6 is 0 Å². The van der Waals surface area contributed by atoms with Crippen molar-refractivity contribution in [3.63, 3.8) is 0 Å². The van der Waals surface area contributed by atoms with Crippen LogP contribution in [-0.2, 0) is 12.8 Å². The monoisotopic (exact) mass is 284 g/mol. The highest BCUT2D eigenvalue weighted by atomic mass is 19.4. The quantitative estimate of drug-likeness (QED) is 0.929. The first-order valence-electron chi connectivity index (χ1n) is 6.20. The van der Waals surface area contributed by atoms with Gasteiger partial charge in [0.05, 0.1) is 5.69 Å². The van der Waals surface area contributed by atoms with Crippen molar-refractivity contribution in [3.05, 3.63) is 46.8 Å². The molecule has 0 bridgehead atoms. The summed E-state index contributed by atoms with van der Waals surface area (Å²) in [4.78, 5) is 0. The van der Waals surface area contributed by atoms with Crippen molar-refractivity contribution < 1.29 is 17.9 Å². The molecule has 2 rings (SSSR count). The fourth-order valence-corrected chi connectivity index (χ4v) is 1.94. The number of hydrogen-bond donors (Lipinski definition) is 1. The summed E-state index contributed by atoms with van der Waals surface area (Å²) in [6, 6.07) is 6.03. The van der Waals surface area contributed by atoms with Crippen LogP contribution < -0.4 is 4.74 Å². The zero-order valence-corrected chi connectivity index (χ0v) is 11.2. The van der Waals surface area contributed by atoms with Crippen molar-refractivity contribution in [2.45, 2.75) is 33.1 Å². The summed E-state index contributed by atoms with van der Waals surface area (Å²) >= 11 is 0. The van der Waals surface area contributed by atoms with Crippen LogP contribution in [0.25, 0.3) is 0 Å². The first kappa shape index (κ1) is 14.4. The minimum absolute atomic E-state index is 0.190. The van der Waals surface area contributed by atoms with Gasteiger partial charge in [0.25, 0.3) is 0 Å². The van der Waals surface area contributed by atoms with Crippen LogP contribution in [0.15, 0.2) is 24.3 Å². The van der Waals surface area contributed by atoms with Gasteiger partial charge in [-0.15, -0.1) is 13.2 Å². The molecule has 2 aromatic rings. The predicted octanol–water partition coefficient (Wildman–Crippen LogP) is 3.71. The Bertz CT molecular complexity index is 590. The molecule has 0 aliphatic heterocycles. The number of H-pyrrole nitrogens is 1. The fourth-order valence-electron chi connectivity index (χ4n) is 1.94. The normalized spacial score (nSPS) is 11.7. The number of aromatic amines is 1. The third kappa shape index (κ3) is 3.76. The molecule has 0 aliphatic carbocycles. The van der Waals surface area contributed by atoms with Crippen LogP contribution in [0.3, 0.4) is 0 Å². The first-order valence-corrected chi connectivity index (χ1v) is 6.20. The first-order chi connectivity index (χ1) is 9.35. The van der Waals surface area contributed by atoms with E-state index in [9.17, 15) is 13.2 Å². The average Bonchev–Trinajstić information content (AvgIpc) is 2.66. The lowest BCUT2D eigenvalue weighted by atomic mass is 10.1. The molecule has 0 radical (unpaired) electrons. The molecule has 0 aliphatic rings. The molecule has 20 heavy (non-hydrogen) atoms. The van der Waals surface area contributed by atoms with E-state index in [2.05, 4.69) is 14.9 Å². The van der Waals surface area contributed by atoms with Gasteiger partial charge in [0.15, 0.2) is 0 Å². The van der Waals surface area contributed by atoms with E-state index in [1.54, 1.807) is 12.1 Å². The summed E-state index contributed by atoms with van der Waals surface area (Å²) < 4.78 is 40.3. The minimum atomic E-state index is -4.66. The van der Waals surface area contributed by atoms with Gasteiger partial charge >= 0.3 is 6.36 Å². The maximum absolute atomic E-state index is 12.1. The molecule has 0 spiro atoms. The molecule has 6 heteroatoms. The number of aryl methyl sites for hydroxylation is 3. The van der Waals surface area contributed by atoms with Gasteiger partial charge in [-0.05, 0) is 49.9 Å². The number of aromatic nitrogens is 2. The van der Waals surface area contributed by atoms with Crippen molar-refractivity contribution in [1.29, 1.82) is 0 Å². The maximum atomic E-state index is 12.1. The van der Waals surface area contributed by atoms with Gasteiger partial charge < -0.3 is 4.74 Å². The Morgan fingerprint density at radius 1 is 1.20 bits per heavy atom. The number of alkyl halides is 3. The topological polar surface area (TPSA) is 37.9 Å². The van der Waals surface area contributed by atoms with E-state index in [4.69, 9.17) is 0 Å². The lowest BCUT2D eigenvalue weighted by Crippen LogP contribution is -2.17. The summed E-state index contributed by atoms with van der Waals surface area (Å²) in [5.41, 5.74) is 3.82. The number of nitrogens with zero attached hydrogens (tertiary/aromatic N) is 1. The number of rotatable bonds is 4. The molecule has 0 fully saturated rings. The van der Waals surface area contributed by atoms with Gasteiger partial charge in [-0.3, -0.25) is 5.10 Å². The summed E-state index contributed by atoms with van der Waals surface area (Å²) in [6.45, 7) is 3.90. The molecule has 1 aromatic carbocycles. The Morgan fingerprint density at radius 2 is 1.95 bits per heavy atom. The molecular formula is C14H15F3N2O. The lowest BCUT2D eigenvalue weighted by molar-refractivity contribution is -0.274. The number of benzene rings is 1. The Labute approximate surface area is 114 Å². The number of hydrogen-bond acceptors (Lipinski definition) is 2. The molecule has 1 N–H and O–H groups in total. The molecular weight excluding hydrogens is 269 g/mol. The molecule has 0 atom stereocenters. The Morgan fingerprint density at radius 3 is 2.55 bits per heavy atom. The third-order valence-corrected chi connectivity index (χ3v) is 3.14. The van der Waals surface area contributed by atoms with Crippen LogP contribution in [0, 0.1) is 13.8 Å². The van der Waals surface area contributed by atoms with E-state index in [1.807, 2.05) is 13.8 Å². The van der Waals surface area contributed by atoms with Crippen molar-refractivity contribution in [2.75, 3.05) is 0 Å². The van der Waals surface area contributed by atoms with E-state index in [0.29, 0.717) is 12.8 Å². The van der Waals surface area contributed by atoms with E-state index in [1.165, 1.54) is 12.1 Å². The lowest BCUT2D eigenvalue weighted by Gasteiger charge is -2.09. The molecule has 3 nitrogen and oxygen atoms in total. The molecule has 0 amide bonds. The van der Waals surface area contributed by atoms with Gasteiger partial charge in [0.2, 0.25) is 0 Å². The zero-order chi connectivity index (χ0) is 14.8. The van der Waals surface area contributed by atoms with Crippen molar-refractivity contribution >= 4 is 0 Å². The SMILES string of the molecule is Cc1[nH]nc(CCc2cccc(OC(F)(F)F)c2)c1C.